The van der Waals surface area contributed by atoms with E-state index in [4.69, 9.17) is 0 Å². The number of carbonyl (C=O) groups excluding carboxylic acids is 1. The van der Waals surface area contributed by atoms with Crippen molar-refractivity contribution >= 4 is 11.9 Å². The predicted molar refractivity (Wildman–Crippen MR) is 58.9 cm³/mol. The van der Waals surface area contributed by atoms with Crippen LogP contribution < -0.4 is 0 Å². The largest absolute Gasteiger partial charge is 0.480 e. The summed E-state index contributed by atoms with van der Waals surface area (Å²) in [6, 6.07) is 0. The first kappa shape index (κ1) is 11.4. The molecule has 1 aliphatic heterocycles. The van der Waals surface area contributed by atoms with Crippen molar-refractivity contribution in [2.24, 2.45) is 5.41 Å². The summed E-state index contributed by atoms with van der Waals surface area (Å²) >= 11 is 0. The van der Waals surface area contributed by atoms with Gasteiger partial charge in [-0.3, -0.25) is 9.59 Å². The summed E-state index contributed by atoms with van der Waals surface area (Å²) in [4.78, 5) is 25.4. The van der Waals surface area contributed by atoms with Gasteiger partial charge in [0.2, 0.25) is 5.91 Å². The van der Waals surface area contributed by atoms with Gasteiger partial charge in [0.15, 0.2) is 0 Å². The van der Waals surface area contributed by atoms with Gasteiger partial charge in [0.25, 0.3) is 0 Å². The third-order valence-electron chi connectivity index (χ3n) is 4.17. The SMILES string of the molecule is CC1(C)CCCN1C(=O)C1(C(=O)O)CCC1. The molecule has 1 heterocycles. The lowest BCUT2D eigenvalue weighted by molar-refractivity contribution is -0.169. The van der Waals surface area contributed by atoms with Gasteiger partial charge >= 0.3 is 5.97 Å². The van der Waals surface area contributed by atoms with Crippen molar-refractivity contribution in [3.05, 3.63) is 0 Å². The van der Waals surface area contributed by atoms with Crippen LogP contribution in [0.25, 0.3) is 0 Å². The zero-order chi connectivity index (χ0) is 12.0. The second-order valence-electron chi connectivity index (χ2n) is 5.61. The molecule has 4 heteroatoms. The highest BCUT2D eigenvalue weighted by Crippen LogP contribution is 2.45. The molecule has 90 valence electrons. The molecule has 0 unspecified atom stereocenters. The predicted octanol–water partition coefficient (Wildman–Crippen LogP) is 1.64. The fraction of sp³-hybridized carbons (Fsp3) is 0.833. The van der Waals surface area contributed by atoms with E-state index in [1.807, 2.05) is 13.8 Å². The Bertz CT molecular complexity index is 331. The molecular formula is C12H19NO3. The van der Waals surface area contributed by atoms with Gasteiger partial charge < -0.3 is 10.0 Å². The van der Waals surface area contributed by atoms with Crippen LogP contribution >= 0.6 is 0 Å². The van der Waals surface area contributed by atoms with E-state index < -0.39 is 11.4 Å². The lowest BCUT2D eigenvalue weighted by Crippen LogP contribution is -2.56. The minimum atomic E-state index is -1.10. The van der Waals surface area contributed by atoms with Crippen molar-refractivity contribution in [2.45, 2.75) is 51.5 Å². The van der Waals surface area contributed by atoms with E-state index in [2.05, 4.69) is 0 Å². The number of hydrogen-bond acceptors (Lipinski definition) is 2. The summed E-state index contributed by atoms with van der Waals surface area (Å²) in [7, 11) is 0. The quantitative estimate of drug-likeness (QED) is 0.727. The van der Waals surface area contributed by atoms with E-state index in [1.54, 1.807) is 4.90 Å². The van der Waals surface area contributed by atoms with E-state index in [9.17, 15) is 14.7 Å². The van der Waals surface area contributed by atoms with Gasteiger partial charge in [-0.1, -0.05) is 6.42 Å². The average molecular weight is 225 g/mol. The first-order valence-corrected chi connectivity index (χ1v) is 5.96. The highest BCUT2D eigenvalue weighted by atomic mass is 16.4. The molecule has 16 heavy (non-hydrogen) atoms. The molecule has 0 aromatic rings. The molecule has 1 amide bonds. The van der Waals surface area contributed by atoms with Crippen LogP contribution in [-0.4, -0.2) is 34.0 Å². The highest BCUT2D eigenvalue weighted by Gasteiger charge is 2.55. The Kier molecular flexibility index (Phi) is 2.48. The monoisotopic (exact) mass is 225 g/mol. The highest BCUT2D eigenvalue weighted by molar-refractivity contribution is 6.03. The number of rotatable bonds is 2. The molecule has 1 N–H and O–H groups in total. The lowest BCUT2D eigenvalue weighted by Gasteiger charge is -2.43. The first-order valence-electron chi connectivity index (χ1n) is 5.96. The van der Waals surface area contributed by atoms with Crippen LogP contribution in [-0.2, 0) is 9.59 Å². The van der Waals surface area contributed by atoms with Crippen molar-refractivity contribution in [3.8, 4) is 0 Å². The van der Waals surface area contributed by atoms with Gasteiger partial charge in [0, 0.05) is 12.1 Å². The molecule has 4 nitrogen and oxygen atoms in total. The molecule has 0 aromatic heterocycles. The van der Waals surface area contributed by atoms with Crippen molar-refractivity contribution in [1.82, 2.24) is 4.90 Å². The molecule has 1 aliphatic carbocycles. The van der Waals surface area contributed by atoms with Crippen LogP contribution in [0.4, 0.5) is 0 Å². The molecule has 2 rings (SSSR count). The number of nitrogens with zero attached hydrogens (tertiary/aromatic N) is 1. The molecule has 0 bridgehead atoms. The molecule has 0 atom stereocenters. The van der Waals surface area contributed by atoms with Crippen molar-refractivity contribution in [3.63, 3.8) is 0 Å². The first-order chi connectivity index (χ1) is 7.40. The molecule has 0 radical (unpaired) electrons. The normalized spacial score (nSPS) is 26.2. The number of carboxylic acid groups (broad SMARTS) is 1. The number of hydrogen-bond donors (Lipinski definition) is 1. The minimum absolute atomic E-state index is 0.159. The zero-order valence-corrected chi connectivity index (χ0v) is 9.95. The summed E-state index contributed by atoms with van der Waals surface area (Å²) < 4.78 is 0. The van der Waals surface area contributed by atoms with Crippen LogP contribution in [0.15, 0.2) is 0 Å². The van der Waals surface area contributed by atoms with Gasteiger partial charge in [-0.2, -0.15) is 0 Å². The van der Waals surface area contributed by atoms with Crippen LogP contribution in [0.5, 0.6) is 0 Å². The molecule has 1 saturated heterocycles. The number of aliphatic carboxylic acids is 1. The van der Waals surface area contributed by atoms with Gasteiger partial charge in [-0.25, -0.2) is 0 Å². The van der Waals surface area contributed by atoms with Crippen molar-refractivity contribution < 1.29 is 14.7 Å². The third-order valence-corrected chi connectivity index (χ3v) is 4.17. The van der Waals surface area contributed by atoms with Gasteiger partial charge in [-0.05, 0) is 39.5 Å². The number of carbonyl (C=O) groups is 2. The molecule has 0 spiro atoms. The summed E-state index contributed by atoms with van der Waals surface area (Å²) in [5, 5.41) is 9.24. The van der Waals surface area contributed by atoms with Crippen LogP contribution in [0.3, 0.4) is 0 Å². The summed E-state index contributed by atoms with van der Waals surface area (Å²) in [5.41, 5.74) is -1.27. The Morgan fingerprint density at radius 2 is 1.75 bits per heavy atom. The Morgan fingerprint density at radius 3 is 2.06 bits per heavy atom. The Hall–Kier alpha value is -1.06. The van der Waals surface area contributed by atoms with Gasteiger partial charge in [-0.15, -0.1) is 0 Å². The summed E-state index contributed by atoms with van der Waals surface area (Å²) in [5.74, 6) is -1.10. The summed E-state index contributed by atoms with van der Waals surface area (Å²) in [6.45, 7) is 4.75. The zero-order valence-electron chi connectivity index (χ0n) is 9.95. The van der Waals surface area contributed by atoms with Crippen LogP contribution in [0.1, 0.15) is 46.0 Å². The standard InChI is InChI=1S/C12H19NO3/c1-11(2)5-4-8-13(11)9(14)12(10(15)16)6-3-7-12/h3-8H2,1-2H3,(H,15,16). The molecule has 2 fully saturated rings. The van der Waals surface area contributed by atoms with Gasteiger partial charge in [0.05, 0.1) is 0 Å². The van der Waals surface area contributed by atoms with Crippen LogP contribution in [0.2, 0.25) is 0 Å². The maximum Gasteiger partial charge on any atom is 0.319 e. The molecule has 2 aliphatic rings. The summed E-state index contributed by atoms with van der Waals surface area (Å²) in [6.07, 6.45) is 3.82. The van der Waals surface area contributed by atoms with E-state index in [1.165, 1.54) is 0 Å². The fourth-order valence-electron chi connectivity index (χ4n) is 2.79. The van der Waals surface area contributed by atoms with Crippen LogP contribution in [0, 0.1) is 5.41 Å². The lowest BCUT2D eigenvalue weighted by atomic mass is 9.67. The van der Waals surface area contributed by atoms with Crippen molar-refractivity contribution in [2.75, 3.05) is 6.54 Å². The van der Waals surface area contributed by atoms with E-state index in [0.717, 1.165) is 19.3 Å². The van der Waals surface area contributed by atoms with E-state index in [-0.39, 0.29) is 11.4 Å². The second kappa shape index (κ2) is 3.47. The Balaban J connectivity index is 2.21. The fourth-order valence-corrected chi connectivity index (χ4v) is 2.79. The average Bonchev–Trinajstić information content (AvgIpc) is 2.41. The third kappa shape index (κ3) is 1.43. The number of carboxylic acids is 1. The molecular weight excluding hydrogens is 206 g/mol. The van der Waals surface area contributed by atoms with Gasteiger partial charge in [0.1, 0.15) is 5.41 Å². The molecule has 1 saturated carbocycles. The Labute approximate surface area is 95.6 Å². The minimum Gasteiger partial charge on any atom is -0.480 e. The second-order valence-corrected chi connectivity index (χ2v) is 5.61. The topological polar surface area (TPSA) is 57.6 Å². The van der Waals surface area contributed by atoms with E-state index >= 15 is 0 Å². The van der Waals surface area contributed by atoms with Crippen molar-refractivity contribution in [1.29, 1.82) is 0 Å². The number of amides is 1. The maximum absolute atomic E-state index is 12.4. The molecule has 0 aromatic carbocycles. The smallest absolute Gasteiger partial charge is 0.319 e. The maximum atomic E-state index is 12.4. The van der Waals surface area contributed by atoms with E-state index in [0.29, 0.717) is 19.4 Å². The number of likely N-dealkylation sites (tertiary alicyclic amines) is 1. The Morgan fingerprint density at radius 1 is 1.12 bits per heavy atom.